The molecule has 0 saturated heterocycles. The first kappa shape index (κ1) is 28.4. The number of nitrogens with zero attached hydrogens (tertiary/aromatic N) is 1. The monoisotopic (exact) mass is 564 g/mol. The minimum absolute atomic E-state index is 0.0219. The van der Waals surface area contributed by atoms with Gasteiger partial charge in [0.05, 0.1) is 24.6 Å². The molecule has 4 rings (SSSR count). The molecule has 11 heteroatoms. The summed E-state index contributed by atoms with van der Waals surface area (Å²) in [5.41, 5.74) is -0.287. The van der Waals surface area contributed by atoms with Gasteiger partial charge in [-0.25, -0.2) is 22.0 Å². The summed E-state index contributed by atoms with van der Waals surface area (Å²) >= 11 is 1.15. The van der Waals surface area contributed by atoms with E-state index in [1.54, 1.807) is 0 Å². The topological polar surface area (TPSA) is 58.6 Å². The van der Waals surface area contributed by atoms with Gasteiger partial charge in [-0.15, -0.1) is 11.8 Å². The average Bonchev–Trinajstić information content (AvgIpc) is 2.88. The number of hydrogen-bond acceptors (Lipinski definition) is 4. The molecular weight excluding hydrogens is 539 g/mol. The van der Waals surface area contributed by atoms with Crippen molar-refractivity contribution >= 4 is 29.3 Å². The maximum atomic E-state index is 14.8. The van der Waals surface area contributed by atoms with Crippen LogP contribution in [0.1, 0.15) is 47.7 Å². The third-order valence-corrected chi connectivity index (χ3v) is 7.17. The first-order valence-corrected chi connectivity index (χ1v) is 13.3. The lowest BCUT2D eigenvalue weighted by Gasteiger charge is -2.29. The fourth-order valence-electron chi connectivity index (χ4n) is 4.05. The number of hydrogen-bond donors (Lipinski definition) is 1. The summed E-state index contributed by atoms with van der Waals surface area (Å²) in [6, 6.07) is 7.55. The molecule has 0 bridgehead atoms. The highest BCUT2D eigenvalue weighted by Crippen LogP contribution is 2.37. The van der Waals surface area contributed by atoms with Gasteiger partial charge >= 0.3 is 0 Å². The maximum absolute atomic E-state index is 14.8. The number of ether oxygens (including phenoxy) is 1. The summed E-state index contributed by atoms with van der Waals surface area (Å²) in [4.78, 5) is 27.1. The Kier molecular flexibility index (Phi) is 9.11. The van der Waals surface area contributed by atoms with Crippen LogP contribution in [0.3, 0.4) is 0 Å². The highest BCUT2D eigenvalue weighted by atomic mass is 32.2. The van der Waals surface area contributed by atoms with Gasteiger partial charge in [0, 0.05) is 52.4 Å². The molecule has 0 aliphatic carbocycles. The van der Waals surface area contributed by atoms with E-state index in [4.69, 9.17) is 4.74 Å². The van der Waals surface area contributed by atoms with Gasteiger partial charge in [-0.05, 0) is 24.6 Å². The highest BCUT2D eigenvalue weighted by Gasteiger charge is 2.28. The molecule has 5 nitrogen and oxygen atoms in total. The number of halogens is 5. The largest absolute Gasteiger partial charge is 0.493 e. The van der Waals surface area contributed by atoms with E-state index in [1.165, 1.54) is 23.1 Å². The third-order valence-electron chi connectivity index (χ3n) is 6.14. The van der Waals surface area contributed by atoms with Crippen LogP contribution in [0.15, 0.2) is 47.4 Å². The van der Waals surface area contributed by atoms with Crippen molar-refractivity contribution in [1.82, 2.24) is 5.32 Å². The van der Waals surface area contributed by atoms with Crippen LogP contribution in [0.5, 0.6) is 5.75 Å². The first-order valence-electron chi connectivity index (χ1n) is 12.3. The third kappa shape index (κ3) is 6.70. The van der Waals surface area contributed by atoms with Crippen molar-refractivity contribution in [3.63, 3.8) is 0 Å². The second kappa shape index (κ2) is 12.5. The lowest BCUT2D eigenvalue weighted by Crippen LogP contribution is -2.35. The van der Waals surface area contributed by atoms with Gasteiger partial charge < -0.3 is 15.0 Å². The zero-order chi connectivity index (χ0) is 28.1. The van der Waals surface area contributed by atoms with Gasteiger partial charge in [-0.1, -0.05) is 19.8 Å². The van der Waals surface area contributed by atoms with Gasteiger partial charge in [0.25, 0.3) is 5.91 Å². The highest BCUT2D eigenvalue weighted by molar-refractivity contribution is 8.00. The Balaban J connectivity index is 1.48. The van der Waals surface area contributed by atoms with Crippen LogP contribution in [0.2, 0.25) is 0 Å². The lowest BCUT2D eigenvalue weighted by molar-refractivity contribution is -0.116. The molecule has 0 radical (unpaired) electrons. The lowest BCUT2D eigenvalue weighted by atomic mass is 10.1. The zero-order valence-corrected chi connectivity index (χ0v) is 21.8. The molecule has 2 amide bonds. The molecule has 1 heterocycles. The number of carbonyl (C=O) groups is 2. The zero-order valence-electron chi connectivity index (χ0n) is 21.0. The molecule has 0 unspecified atom stereocenters. The molecule has 0 aromatic heterocycles. The molecule has 206 valence electrons. The molecule has 0 saturated carbocycles. The summed E-state index contributed by atoms with van der Waals surface area (Å²) in [5, 5.41) is 2.38. The van der Waals surface area contributed by atoms with Crippen LogP contribution in [0.25, 0.3) is 0 Å². The summed E-state index contributed by atoms with van der Waals surface area (Å²) in [6.07, 6.45) is 2.68. The van der Waals surface area contributed by atoms with Crippen molar-refractivity contribution in [3.05, 3.63) is 88.2 Å². The van der Waals surface area contributed by atoms with Crippen molar-refractivity contribution in [2.24, 2.45) is 0 Å². The summed E-state index contributed by atoms with van der Waals surface area (Å²) in [6.45, 7) is 1.49. The predicted molar refractivity (Wildman–Crippen MR) is 137 cm³/mol. The second-order valence-electron chi connectivity index (χ2n) is 8.90. The Morgan fingerprint density at radius 2 is 1.62 bits per heavy atom. The van der Waals surface area contributed by atoms with Gasteiger partial charge in [-0.3, -0.25) is 9.59 Å². The number of nitrogens with one attached hydrogen (secondary N) is 1. The number of rotatable bonds is 10. The average molecular weight is 565 g/mol. The number of unbranched alkanes of at least 4 members (excludes halogenated alkanes) is 2. The van der Waals surface area contributed by atoms with E-state index in [1.807, 2.05) is 6.92 Å². The number of amides is 2. The van der Waals surface area contributed by atoms with E-state index in [2.05, 4.69) is 5.32 Å². The van der Waals surface area contributed by atoms with Gasteiger partial charge in [-0.2, -0.15) is 0 Å². The van der Waals surface area contributed by atoms with Crippen LogP contribution < -0.4 is 15.0 Å². The van der Waals surface area contributed by atoms with Gasteiger partial charge in [0.2, 0.25) is 5.91 Å². The fraction of sp³-hybridized carbons (Fsp3) is 0.286. The molecule has 1 aliphatic rings. The van der Waals surface area contributed by atoms with Crippen molar-refractivity contribution in [2.75, 3.05) is 17.3 Å². The van der Waals surface area contributed by atoms with E-state index in [9.17, 15) is 31.5 Å². The molecular formula is C28H25F5N2O3S. The Morgan fingerprint density at radius 3 is 2.28 bits per heavy atom. The Labute approximate surface area is 226 Å². The molecule has 0 atom stereocenters. The van der Waals surface area contributed by atoms with Crippen molar-refractivity contribution < 1.29 is 36.3 Å². The number of carbonyl (C=O) groups excluding carboxylic acids is 2. The first-order chi connectivity index (χ1) is 18.7. The summed E-state index contributed by atoms with van der Waals surface area (Å²) in [5.74, 6) is -5.99. The molecule has 0 spiro atoms. The van der Waals surface area contributed by atoms with Crippen LogP contribution >= 0.6 is 11.8 Å². The Morgan fingerprint density at radius 1 is 0.949 bits per heavy atom. The summed E-state index contributed by atoms with van der Waals surface area (Å²) in [7, 11) is 0. The molecule has 3 aromatic carbocycles. The van der Waals surface area contributed by atoms with Crippen molar-refractivity contribution in [1.29, 1.82) is 0 Å². The molecule has 3 aromatic rings. The molecule has 1 N–H and O–H groups in total. The number of fused-ring (bicyclic) bond motifs is 1. The standard InChI is InChI=1S/C28H25F5N2O3S/c1-2-3-4-7-38-18-11-23(32)20(24(33)12-18)14-35-25-6-5-16(8-26(25)39-15-27(35)36)28(37)34-13-19-21(30)9-17(29)10-22(19)31/h5-6,8-12H,2-4,7,13-15H2,1H3,(H,34,37). The van der Waals surface area contributed by atoms with E-state index in [0.29, 0.717) is 29.3 Å². The van der Waals surface area contributed by atoms with E-state index in [-0.39, 0.29) is 35.1 Å². The predicted octanol–water partition coefficient (Wildman–Crippen LogP) is 6.52. The SMILES string of the molecule is CCCCCOc1cc(F)c(CN2C(=O)CSc3cc(C(=O)NCc4c(F)cc(F)cc4F)ccc32)c(F)c1. The van der Waals surface area contributed by atoms with Crippen LogP contribution in [0.4, 0.5) is 27.6 Å². The van der Waals surface area contributed by atoms with Crippen molar-refractivity contribution in [2.45, 2.75) is 44.2 Å². The minimum Gasteiger partial charge on any atom is -0.493 e. The molecule has 0 fully saturated rings. The minimum atomic E-state index is -1.13. The van der Waals surface area contributed by atoms with Gasteiger partial charge in [0.1, 0.15) is 34.8 Å². The Bertz CT molecular complexity index is 1360. The fourth-order valence-corrected chi connectivity index (χ4v) is 5.02. The van der Waals surface area contributed by atoms with E-state index >= 15 is 0 Å². The quantitative estimate of drug-likeness (QED) is 0.225. The van der Waals surface area contributed by atoms with E-state index in [0.717, 1.165) is 43.2 Å². The van der Waals surface area contributed by atoms with Crippen LogP contribution in [0, 0.1) is 29.1 Å². The molecule has 39 heavy (non-hydrogen) atoms. The van der Waals surface area contributed by atoms with Crippen LogP contribution in [-0.2, 0) is 17.9 Å². The normalized spacial score (nSPS) is 12.9. The number of benzene rings is 3. The summed E-state index contributed by atoms with van der Waals surface area (Å²) < 4.78 is 76.0. The van der Waals surface area contributed by atoms with Gasteiger partial charge in [0.15, 0.2) is 0 Å². The Hall–Kier alpha value is -3.60. The van der Waals surface area contributed by atoms with E-state index < -0.39 is 47.1 Å². The second-order valence-corrected chi connectivity index (χ2v) is 9.92. The smallest absolute Gasteiger partial charge is 0.251 e. The maximum Gasteiger partial charge on any atom is 0.251 e. The van der Waals surface area contributed by atoms with Crippen LogP contribution in [-0.4, -0.2) is 24.2 Å². The number of anilines is 1. The van der Waals surface area contributed by atoms with Crippen molar-refractivity contribution in [3.8, 4) is 5.75 Å². The molecule has 1 aliphatic heterocycles. The number of thioether (sulfide) groups is 1.